The summed E-state index contributed by atoms with van der Waals surface area (Å²) in [4.78, 5) is 2.42. The fraction of sp³-hybridized carbons (Fsp3) is 0.400. The van der Waals surface area contributed by atoms with Gasteiger partial charge in [0.25, 0.3) is 0 Å². The van der Waals surface area contributed by atoms with E-state index < -0.39 is 0 Å². The number of aromatic nitrogens is 1. The van der Waals surface area contributed by atoms with Gasteiger partial charge in [0.1, 0.15) is 0 Å². The fourth-order valence-corrected chi connectivity index (χ4v) is 2.52. The van der Waals surface area contributed by atoms with Crippen molar-refractivity contribution in [3.8, 4) is 6.07 Å². The zero-order valence-electron chi connectivity index (χ0n) is 10.9. The first-order valence-electron chi connectivity index (χ1n) is 6.66. The van der Waals surface area contributed by atoms with Crippen LogP contribution in [0.3, 0.4) is 0 Å². The molecule has 2 aromatic rings. The molecule has 98 valence electrons. The number of hydrogen-bond acceptors (Lipinski definition) is 3. The highest BCUT2D eigenvalue weighted by molar-refractivity contribution is 5.81. The van der Waals surface area contributed by atoms with Gasteiger partial charge in [0.2, 0.25) is 0 Å². The molecule has 4 heteroatoms. The molecule has 0 aliphatic carbocycles. The first-order chi connectivity index (χ1) is 9.36. The van der Waals surface area contributed by atoms with Crippen molar-refractivity contribution in [3.63, 3.8) is 0 Å². The van der Waals surface area contributed by atoms with Crippen molar-refractivity contribution in [3.05, 3.63) is 36.0 Å². The standard InChI is InChI=1S/C15H17N3O/c16-12-13-1-2-14-3-4-18(15(14)11-13)6-5-17-7-9-19-10-8-17/h1-4,11H,5-10H2. The van der Waals surface area contributed by atoms with E-state index >= 15 is 0 Å². The summed E-state index contributed by atoms with van der Waals surface area (Å²) in [6.07, 6.45) is 2.10. The van der Waals surface area contributed by atoms with Crippen molar-refractivity contribution in [2.45, 2.75) is 6.54 Å². The van der Waals surface area contributed by atoms with Crippen LogP contribution in [-0.4, -0.2) is 42.3 Å². The Balaban J connectivity index is 1.75. The average Bonchev–Trinajstić information content (AvgIpc) is 2.88. The molecule has 0 bridgehead atoms. The Kier molecular flexibility index (Phi) is 3.49. The van der Waals surface area contributed by atoms with Gasteiger partial charge < -0.3 is 9.30 Å². The third kappa shape index (κ3) is 2.62. The van der Waals surface area contributed by atoms with Gasteiger partial charge >= 0.3 is 0 Å². The Morgan fingerprint density at radius 1 is 1.16 bits per heavy atom. The topological polar surface area (TPSA) is 41.2 Å². The normalized spacial score (nSPS) is 16.6. The number of ether oxygens (including phenoxy) is 1. The molecule has 0 saturated carbocycles. The second-order valence-electron chi connectivity index (χ2n) is 4.85. The Bertz CT molecular complexity index is 605. The molecule has 0 radical (unpaired) electrons. The predicted octanol–water partition coefficient (Wildman–Crippen LogP) is 1.85. The lowest BCUT2D eigenvalue weighted by Gasteiger charge is -2.26. The largest absolute Gasteiger partial charge is 0.379 e. The summed E-state index contributed by atoms with van der Waals surface area (Å²) in [5.41, 5.74) is 1.87. The Labute approximate surface area is 112 Å². The first-order valence-corrected chi connectivity index (χ1v) is 6.66. The molecule has 4 nitrogen and oxygen atoms in total. The van der Waals surface area contributed by atoms with Gasteiger partial charge in [-0.3, -0.25) is 4.90 Å². The van der Waals surface area contributed by atoms with Crippen LogP contribution in [-0.2, 0) is 11.3 Å². The van der Waals surface area contributed by atoms with Gasteiger partial charge in [-0.1, -0.05) is 6.07 Å². The van der Waals surface area contributed by atoms with E-state index in [1.807, 2.05) is 18.2 Å². The van der Waals surface area contributed by atoms with Crippen LogP contribution in [0.4, 0.5) is 0 Å². The van der Waals surface area contributed by atoms with E-state index in [0.29, 0.717) is 0 Å². The van der Waals surface area contributed by atoms with E-state index in [9.17, 15) is 0 Å². The van der Waals surface area contributed by atoms with Crippen LogP contribution in [0.5, 0.6) is 0 Å². The number of benzene rings is 1. The second kappa shape index (κ2) is 5.43. The molecule has 1 aliphatic heterocycles. The van der Waals surface area contributed by atoms with Crippen LogP contribution < -0.4 is 0 Å². The number of fused-ring (bicyclic) bond motifs is 1. The van der Waals surface area contributed by atoms with Gasteiger partial charge in [-0.25, -0.2) is 0 Å². The van der Waals surface area contributed by atoms with Crippen LogP contribution in [0.25, 0.3) is 10.9 Å². The Hall–Kier alpha value is -1.83. The summed E-state index contributed by atoms with van der Waals surface area (Å²) < 4.78 is 7.58. The lowest BCUT2D eigenvalue weighted by Crippen LogP contribution is -2.38. The van der Waals surface area contributed by atoms with Crippen molar-refractivity contribution < 1.29 is 4.74 Å². The third-order valence-corrected chi connectivity index (χ3v) is 3.66. The minimum atomic E-state index is 0.721. The van der Waals surface area contributed by atoms with Crippen LogP contribution in [0.2, 0.25) is 0 Å². The average molecular weight is 255 g/mol. The van der Waals surface area contributed by atoms with E-state index in [0.717, 1.165) is 50.5 Å². The smallest absolute Gasteiger partial charge is 0.0992 e. The van der Waals surface area contributed by atoms with Gasteiger partial charge in [-0.05, 0) is 23.6 Å². The maximum atomic E-state index is 8.98. The quantitative estimate of drug-likeness (QED) is 0.840. The van der Waals surface area contributed by atoms with E-state index in [4.69, 9.17) is 10.00 Å². The highest BCUT2D eigenvalue weighted by atomic mass is 16.5. The zero-order chi connectivity index (χ0) is 13.1. The maximum absolute atomic E-state index is 8.98. The summed E-state index contributed by atoms with van der Waals surface area (Å²) in [6.45, 7) is 5.70. The van der Waals surface area contributed by atoms with Crippen molar-refractivity contribution >= 4 is 10.9 Å². The molecule has 1 saturated heterocycles. The van der Waals surface area contributed by atoms with Gasteiger partial charge in [0, 0.05) is 37.9 Å². The summed E-state index contributed by atoms with van der Waals surface area (Å²) in [5.74, 6) is 0. The molecule has 0 unspecified atom stereocenters. The predicted molar refractivity (Wildman–Crippen MR) is 73.9 cm³/mol. The lowest BCUT2D eigenvalue weighted by molar-refractivity contribution is 0.0365. The number of nitriles is 1. The lowest BCUT2D eigenvalue weighted by atomic mass is 10.2. The third-order valence-electron chi connectivity index (χ3n) is 3.66. The minimum absolute atomic E-state index is 0.721. The van der Waals surface area contributed by atoms with Crippen molar-refractivity contribution in [2.75, 3.05) is 32.8 Å². The highest BCUT2D eigenvalue weighted by Crippen LogP contribution is 2.17. The highest BCUT2D eigenvalue weighted by Gasteiger charge is 2.10. The molecule has 1 aromatic heterocycles. The summed E-state index contributed by atoms with van der Waals surface area (Å²) in [6, 6.07) is 10.2. The molecule has 1 fully saturated rings. The van der Waals surface area contributed by atoms with Crippen molar-refractivity contribution in [1.29, 1.82) is 5.26 Å². The van der Waals surface area contributed by atoms with Gasteiger partial charge in [-0.2, -0.15) is 5.26 Å². The van der Waals surface area contributed by atoms with Crippen molar-refractivity contribution in [1.82, 2.24) is 9.47 Å². The maximum Gasteiger partial charge on any atom is 0.0992 e. The SMILES string of the molecule is N#Cc1ccc2ccn(CCN3CCOCC3)c2c1. The minimum Gasteiger partial charge on any atom is -0.379 e. The van der Waals surface area contributed by atoms with Gasteiger partial charge in [0.15, 0.2) is 0 Å². The van der Waals surface area contributed by atoms with Crippen LogP contribution in [0.1, 0.15) is 5.56 Å². The fourth-order valence-electron chi connectivity index (χ4n) is 2.52. The van der Waals surface area contributed by atoms with Crippen LogP contribution in [0, 0.1) is 11.3 Å². The monoisotopic (exact) mass is 255 g/mol. The van der Waals surface area contributed by atoms with Gasteiger partial charge in [-0.15, -0.1) is 0 Å². The van der Waals surface area contributed by atoms with E-state index in [-0.39, 0.29) is 0 Å². The first kappa shape index (κ1) is 12.2. The molecule has 0 atom stereocenters. The Morgan fingerprint density at radius 3 is 2.79 bits per heavy atom. The van der Waals surface area contributed by atoms with E-state index in [2.05, 4.69) is 27.8 Å². The Morgan fingerprint density at radius 2 is 2.00 bits per heavy atom. The molecule has 0 amide bonds. The molecule has 1 aliphatic rings. The van der Waals surface area contributed by atoms with Crippen molar-refractivity contribution in [2.24, 2.45) is 0 Å². The molecule has 0 N–H and O–H groups in total. The molecule has 2 heterocycles. The second-order valence-corrected chi connectivity index (χ2v) is 4.85. The summed E-state index contributed by atoms with van der Waals surface area (Å²) in [7, 11) is 0. The zero-order valence-corrected chi connectivity index (χ0v) is 10.9. The molecular formula is C15H17N3O. The molecule has 1 aromatic carbocycles. The van der Waals surface area contributed by atoms with Gasteiger partial charge in [0.05, 0.1) is 24.8 Å². The number of hydrogen-bond donors (Lipinski definition) is 0. The van der Waals surface area contributed by atoms with E-state index in [1.165, 1.54) is 5.39 Å². The summed E-state index contributed by atoms with van der Waals surface area (Å²) in [5, 5.41) is 10.2. The molecule has 3 rings (SSSR count). The number of morpholine rings is 1. The molecular weight excluding hydrogens is 238 g/mol. The summed E-state index contributed by atoms with van der Waals surface area (Å²) >= 11 is 0. The molecule has 19 heavy (non-hydrogen) atoms. The molecule has 0 spiro atoms. The van der Waals surface area contributed by atoms with Crippen LogP contribution >= 0.6 is 0 Å². The number of nitrogens with zero attached hydrogens (tertiary/aromatic N) is 3. The number of rotatable bonds is 3. The van der Waals surface area contributed by atoms with Crippen LogP contribution in [0.15, 0.2) is 30.5 Å². The van der Waals surface area contributed by atoms with E-state index in [1.54, 1.807) is 0 Å².